The molecule has 1 heterocycles. The molecule has 1 aromatic rings. The van der Waals surface area contributed by atoms with Crippen molar-refractivity contribution in [3.05, 3.63) is 29.6 Å². The van der Waals surface area contributed by atoms with Gasteiger partial charge in [-0.05, 0) is 30.7 Å². The summed E-state index contributed by atoms with van der Waals surface area (Å²) in [5.41, 5.74) is 1.14. The highest BCUT2D eigenvalue weighted by Crippen LogP contribution is 2.20. The van der Waals surface area contributed by atoms with E-state index in [1.165, 1.54) is 6.20 Å². The van der Waals surface area contributed by atoms with Crippen molar-refractivity contribution in [1.82, 2.24) is 10.3 Å². The number of hydrogen-bond donors (Lipinski definition) is 1. The Kier molecular flexibility index (Phi) is 4.91. The number of aromatic nitrogens is 1. The van der Waals surface area contributed by atoms with Crippen molar-refractivity contribution in [1.29, 1.82) is 5.26 Å². The van der Waals surface area contributed by atoms with Gasteiger partial charge >= 0.3 is 6.18 Å². The normalized spacial score (nSPS) is 11.2. The molecule has 0 atom stereocenters. The maximum absolute atomic E-state index is 11.8. The van der Waals surface area contributed by atoms with Gasteiger partial charge in [-0.2, -0.15) is 18.4 Å². The number of nitriles is 1. The molecule has 1 aromatic heterocycles. The highest BCUT2D eigenvalue weighted by Gasteiger charge is 2.25. The zero-order valence-electron chi connectivity index (χ0n) is 9.09. The lowest BCUT2D eigenvalue weighted by Crippen LogP contribution is -2.17. The Hall–Kier alpha value is -1.61. The van der Waals surface area contributed by atoms with Crippen molar-refractivity contribution in [3.63, 3.8) is 0 Å². The van der Waals surface area contributed by atoms with Crippen LogP contribution in [0.25, 0.3) is 0 Å². The van der Waals surface area contributed by atoms with Crippen molar-refractivity contribution in [3.8, 4) is 6.07 Å². The van der Waals surface area contributed by atoms with Gasteiger partial charge in [0.25, 0.3) is 0 Å². The van der Waals surface area contributed by atoms with Crippen LogP contribution in [0.4, 0.5) is 13.2 Å². The van der Waals surface area contributed by atoms with Gasteiger partial charge in [0.15, 0.2) is 0 Å². The molecule has 0 spiro atoms. The minimum atomic E-state index is -4.09. The fraction of sp³-hybridized carbons (Fsp3) is 0.455. The molecular weight excluding hydrogens is 231 g/mol. The maximum atomic E-state index is 11.8. The molecule has 0 fully saturated rings. The second-order valence-corrected chi connectivity index (χ2v) is 3.56. The van der Waals surface area contributed by atoms with Crippen LogP contribution in [0.5, 0.6) is 0 Å². The lowest BCUT2D eigenvalue weighted by Gasteiger charge is -2.07. The molecule has 0 bridgehead atoms. The molecular formula is C11H12F3N3. The topological polar surface area (TPSA) is 48.7 Å². The summed E-state index contributed by atoms with van der Waals surface area (Å²) in [7, 11) is 0. The molecule has 6 heteroatoms. The van der Waals surface area contributed by atoms with E-state index in [9.17, 15) is 13.2 Å². The van der Waals surface area contributed by atoms with Crippen molar-refractivity contribution in [2.45, 2.75) is 25.6 Å². The molecule has 1 N–H and O–H groups in total. The summed E-state index contributed by atoms with van der Waals surface area (Å²) in [6.07, 6.45) is -3.31. The summed E-state index contributed by atoms with van der Waals surface area (Å²) in [5, 5.41) is 11.5. The average molecular weight is 243 g/mol. The van der Waals surface area contributed by atoms with Gasteiger partial charge in [-0.25, -0.2) is 4.98 Å². The minimum absolute atomic E-state index is 0.0552. The van der Waals surface area contributed by atoms with Crippen LogP contribution in [-0.2, 0) is 6.54 Å². The monoisotopic (exact) mass is 243 g/mol. The number of nitrogens with one attached hydrogen (secondary N) is 1. The van der Waals surface area contributed by atoms with Crippen LogP contribution >= 0.6 is 0 Å². The lowest BCUT2D eigenvalue weighted by molar-refractivity contribution is -0.135. The number of hydrogen-bond acceptors (Lipinski definition) is 3. The van der Waals surface area contributed by atoms with E-state index in [4.69, 9.17) is 5.26 Å². The predicted molar refractivity (Wildman–Crippen MR) is 55.9 cm³/mol. The summed E-state index contributed by atoms with van der Waals surface area (Å²) < 4.78 is 35.5. The Bertz CT molecular complexity index is 396. The van der Waals surface area contributed by atoms with Crippen LogP contribution in [-0.4, -0.2) is 17.7 Å². The van der Waals surface area contributed by atoms with Crippen LogP contribution in [0, 0.1) is 11.3 Å². The highest BCUT2D eigenvalue weighted by molar-refractivity contribution is 5.25. The van der Waals surface area contributed by atoms with Crippen LogP contribution < -0.4 is 5.32 Å². The third-order valence-electron chi connectivity index (χ3n) is 2.08. The van der Waals surface area contributed by atoms with Crippen LogP contribution in [0.2, 0.25) is 0 Å². The van der Waals surface area contributed by atoms with Crippen LogP contribution in [0.3, 0.4) is 0 Å². The molecule has 3 nitrogen and oxygen atoms in total. The first-order chi connectivity index (χ1) is 8.01. The van der Waals surface area contributed by atoms with Crippen molar-refractivity contribution in [2.75, 3.05) is 6.54 Å². The van der Waals surface area contributed by atoms with Gasteiger partial charge in [-0.3, -0.25) is 0 Å². The molecule has 0 aliphatic heterocycles. The quantitative estimate of drug-likeness (QED) is 0.808. The first-order valence-electron chi connectivity index (χ1n) is 5.14. The van der Waals surface area contributed by atoms with Gasteiger partial charge in [-0.1, -0.05) is 0 Å². The van der Waals surface area contributed by atoms with Gasteiger partial charge in [0, 0.05) is 19.2 Å². The third kappa shape index (κ3) is 5.88. The van der Waals surface area contributed by atoms with E-state index >= 15 is 0 Å². The van der Waals surface area contributed by atoms with Crippen molar-refractivity contribution in [2.24, 2.45) is 0 Å². The Morgan fingerprint density at radius 1 is 1.41 bits per heavy atom. The molecule has 0 aliphatic carbocycles. The number of rotatable bonds is 5. The molecule has 0 saturated carbocycles. The zero-order chi connectivity index (χ0) is 12.7. The Morgan fingerprint density at radius 3 is 2.82 bits per heavy atom. The number of pyridine rings is 1. The molecule has 1 rings (SSSR count). The molecule has 92 valence electrons. The van der Waals surface area contributed by atoms with Crippen molar-refractivity contribution < 1.29 is 13.2 Å². The van der Waals surface area contributed by atoms with E-state index in [1.54, 1.807) is 12.1 Å². The number of alkyl halides is 3. The Balaban J connectivity index is 2.25. The summed E-state index contributed by atoms with van der Waals surface area (Å²) >= 11 is 0. The van der Waals surface area contributed by atoms with Gasteiger partial charge < -0.3 is 5.32 Å². The van der Waals surface area contributed by atoms with Gasteiger partial charge in [0.2, 0.25) is 0 Å². The first-order valence-corrected chi connectivity index (χ1v) is 5.14. The summed E-state index contributed by atoms with van der Waals surface area (Å²) in [4.78, 5) is 3.80. The minimum Gasteiger partial charge on any atom is -0.313 e. The number of nitrogens with zero attached hydrogens (tertiary/aromatic N) is 2. The Labute approximate surface area is 97.3 Å². The summed E-state index contributed by atoms with van der Waals surface area (Å²) in [6, 6.07) is 5.23. The van der Waals surface area contributed by atoms with Crippen LogP contribution in [0.1, 0.15) is 24.1 Å². The summed E-state index contributed by atoms with van der Waals surface area (Å²) in [6.45, 7) is 0.735. The third-order valence-corrected chi connectivity index (χ3v) is 2.08. The van der Waals surface area contributed by atoms with E-state index in [0.717, 1.165) is 5.56 Å². The van der Waals surface area contributed by atoms with Gasteiger partial charge in [-0.15, -0.1) is 0 Å². The molecule has 0 unspecified atom stereocenters. The SMILES string of the molecule is N#Cc1cc(CNCCCC(F)(F)F)ccn1. The summed E-state index contributed by atoms with van der Waals surface area (Å²) in [5.74, 6) is 0. The second-order valence-electron chi connectivity index (χ2n) is 3.56. The molecule has 0 radical (unpaired) electrons. The Morgan fingerprint density at radius 2 is 2.18 bits per heavy atom. The van der Waals surface area contributed by atoms with E-state index in [1.807, 2.05) is 6.07 Å². The maximum Gasteiger partial charge on any atom is 0.389 e. The van der Waals surface area contributed by atoms with Crippen molar-refractivity contribution >= 4 is 0 Å². The second kappa shape index (κ2) is 6.21. The molecule has 0 aliphatic rings. The van der Waals surface area contributed by atoms with Gasteiger partial charge in [0.05, 0.1) is 0 Å². The van der Waals surface area contributed by atoms with E-state index in [0.29, 0.717) is 18.8 Å². The molecule has 0 saturated heterocycles. The fourth-order valence-corrected chi connectivity index (χ4v) is 1.29. The largest absolute Gasteiger partial charge is 0.389 e. The predicted octanol–water partition coefficient (Wildman–Crippen LogP) is 2.39. The lowest BCUT2D eigenvalue weighted by atomic mass is 10.2. The molecule has 0 amide bonds. The standard InChI is InChI=1S/C11H12F3N3/c12-11(13,14)3-1-4-16-8-9-2-5-17-10(6-9)7-15/h2,5-6,16H,1,3-4,8H2. The van der Waals surface area contributed by atoms with E-state index in [-0.39, 0.29) is 6.42 Å². The van der Waals surface area contributed by atoms with Crippen LogP contribution in [0.15, 0.2) is 18.3 Å². The zero-order valence-corrected chi connectivity index (χ0v) is 9.09. The molecule has 0 aromatic carbocycles. The number of halogens is 3. The molecule has 17 heavy (non-hydrogen) atoms. The van der Waals surface area contributed by atoms with E-state index < -0.39 is 12.6 Å². The smallest absolute Gasteiger partial charge is 0.313 e. The average Bonchev–Trinajstić information content (AvgIpc) is 2.27. The fourth-order valence-electron chi connectivity index (χ4n) is 1.29. The van der Waals surface area contributed by atoms with Gasteiger partial charge in [0.1, 0.15) is 11.8 Å². The van der Waals surface area contributed by atoms with E-state index in [2.05, 4.69) is 10.3 Å². The first kappa shape index (κ1) is 13.5. The highest BCUT2D eigenvalue weighted by atomic mass is 19.4.